The van der Waals surface area contributed by atoms with Crippen LogP contribution in [0.15, 0.2) is 58.0 Å². The number of fused-ring (bicyclic) bond motifs is 1. The number of halogens is 1. The highest BCUT2D eigenvalue weighted by Crippen LogP contribution is 2.28. The highest BCUT2D eigenvalue weighted by Gasteiger charge is 2.26. The summed E-state index contributed by atoms with van der Waals surface area (Å²) in [7, 11) is 0. The molecule has 0 bridgehead atoms. The Morgan fingerprint density at radius 3 is 2.84 bits per heavy atom. The van der Waals surface area contributed by atoms with E-state index in [4.69, 9.17) is 16.1 Å². The molecule has 31 heavy (non-hydrogen) atoms. The largest absolute Gasteiger partial charge is 0.339 e. The van der Waals surface area contributed by atoms with Crippen molar-refractivity contribution >= 4 is 17.2 Å². The standard InChI is InChI=1S/C23H22ClN5O2/c1-15-4-9-20-25-19(11-21(30)29(20)12-15)14-28-10-2-3-17(13-28)23-26-22(27-31-23)16-5-7-18(24)8-6-16/h4-9,11-12,17H,2-3,10,13-14H2,1H3. The highest BCUT2D eigenvalue weighted by atomic mass is 35.5. The number of aromatic nitrogens is 4. The Hall–Kier alpha value is -3.03. The SMILES string of the molecule is Cc1ccc2nc(CN3CCCC(c4nc(-c5ccc(Cl)cc5)no4)C3)cc(=O)n2c1. The number of hydrogen-bond acceptors (Lipinski definition) is 6. The smallest absolute Gasteiger partial charge is 0.258 e. The molecule has 1 fully saturated rings. The minimum Gasteiger partial charge on any atom is -0.339 e. The fourth-order valence-electron chi connectivity index (χ4n) is 4.09. The number of likely N-dealkylation sites (tertiary alicyclic amines) is 1. The van der Waals surface area contributed by atoms with Crippen LogP contribution in [-0.2, 0) is 6.54 Å². The lowest BCUT2D eigenvalue weighted by atomic mass is 9.98. The topological polar surface area (TPSA) is 76.5 Å². The van der Waals surface area contributed by atoms with Crippen LogP contribution in [-0.4, -0.2) is 37.5 Å². The van der Waals surface area contributed by atoms with Gasteiger partial charge in [0.25, 0.3) is 5.56 Å². The summed E-state index contributed by atoms with van der Waals surface area (Å²) in [4.78, 5) is 24.1. The quantitative estimate of drug-likeness (QED) is 0.480. The van der Waals surface area contributed by atoms with E-state index >= 15 is 0 Å². The van der Waals surface area contributed by atoms with Crippen molar-refractivity contribution in [2.45, 2.75) is 32.2 Å². The molecule has 7 nitrogen and oxygen atoms in total. The van der Waals surface area contributed by atoms with Gasteiger partial charge in [0.2, 0.25) is 11.7 Å². The molecule has 3 aromatic heterocycles. The number of hydrogen-bond donors (Lipinski definition) is 0. The van der Waals surface area contributed by atoms with Gasteiger partial charge in [0.1, 0.15) is 5.65 Å². The Labute approximate surface area is 184 Å². The van der Waals surface area contributed by atoms with E-state index in [0.717, 1.165) is 42.8 Å². The Morgan fingerprint density at radius 2 is 2.00 bits per heavy atom. The molecule has 1 aromatic carbocycles. The summed E-state index contributed by atoms with van der Waals surface area (Å²) in [5.41, 5.74) is 3.30. The predicted molar refractivity (Wildman–Crippen MR) is 118 cm³/mol. The van der Waals surface area contributed by atoms with Crippen molar-refractivity contribution < 1.29 is 4.52 Å². The van der Waals surface area contributed by atoms with Gasteiger partial charge < -0.3 is 4.52 Å². The maximum Gasteiger partial charge on any atom is 0.258 e. The molecule has 8 heteroatoms. The second-order valence-corrected chi connectivity index (χ2v) is 8.49. The van der Waals surface area contributed by atoms with Crippen molar-refractivity contribution in [3.05, 3.63) is 81.2 Å². The molecule has 0 amide bonds. The number of pyridine rings is 1. The second-order valence-electron chi connectivity index (χ2n) is 8.06. The van der Waals surface area contributed by atoms with Gasteiger partial charge >= 0.3 is 0 Å². The Balaban J connectivity index is 1.32. The van der Waals surface area contributed by atoms with Crippen LogP contribution < -0.4 is 5.56 Å². The molecular weight excluding hydrogens is 414 g/mol. The van der Waals surface area contributed by atoms with E-state index in [2.05, 4.69) is 20.0 Å². The number of benzene rings is 1. The van der Waals surface area contributed by atoms with Gasteiger partial charge in [-0.05, 0) is 62.2 Å². The third-order valence-corrected chi connectivity index (χ3v) is 5.90. The number of piperidine rings is 1. The van der Waals surface area contributed by atoms with Crippen LogP contribution in [0.5, 0.6) is 0 Å². The van der Waals surface area contributed by atoms with E-state index < -0.39 is 0 Å². The highest BCUT2D eigenvalue weighted by molar-refractivity contribution is 6.30. The molecule has 1 aliphatic heterocycles. The number of aryl methyl sites for hydroxylation is 1. The Morgan fingerprint density at radius 1 is 1.16 bits per heavy atom. The van der Waals surface area contributed by atoms with Crippen LogP contribution in [0.1, 0.15) is 35.9 Å². The first kappa shape index (κ1) is 19.9. The first-order valence-electron chi connectivity index (χ1n) is 10.4. The summed E-state index contributed by atoms with van der Waals surface area (Å²) < 4.78 is 7.18. The normalized spacial score (nSPS) is 17.3. The summed E-state index contributed by atoms with van der Waals surface area (Å²) in [6.07, 6.45) is 3.83. The van der Waals surface area contributed by atoms with E-state index in [1.54, 1.807) is 10.5 Å². The first-order chi connectivity index (χ1) is 15.0. The minimum atomic E-state index is -0.0539. The Bertz CT molecular complexity index is 1280. The molecule has 0 aliphatic carbocycles. The number of rotatable bonds is 4. The van der Waals surface area contributed by atoms with Crippen LogP contribution in [0.2, 0.25) is 5.02 Å². The summed E-state index contributed by atoms with van der Waals surface area (Å²) in [5, 5.41) is 4.82. The lowest BCUT2D eigenvalue weighted by Gasteiger charge is -2.30. The molecule has 5 rings (SSSR count). The van der Waals surface area contributed by atoms with Crippen molar-refractivity contribution in [2.75, 3.05) is 13.1 Å². The van der Waals surface area contributed by atoms with Gasteiger partial charge in [-0.25, -0.2) is 4.98 Å². The summed E-state index contributed by atoms with van der Waals surface area (Å²) >= 11 is 5.96. The van der Waals surface area contributed by atoms with Crippen LogP contribution in [0, 0.1) is 6.92 Å². The molecule has 1 unspecified atom stereocenters. The summed E-state index contributed by atoms with van der Waals surface area (Å²) in [5.74, 6) is 1.38. The van der Waals surface area contributed by atoms with Crippen LogP contribution >= 0.6 is 11.6 Å². The van der Waals surface area contributed by atoms with Crippen molar-refractivity contribution in [2.24, 2.45) is 0 Å². The van der Waals surface area contributed by atoms with Crippen molar-refractivity contribution in [1.82, 2.24) is 24.4 Å². The van der Waals surface area contributed by atoms with E-state index in [0.29, 0.717) is 28.9 Å². The molecule has 0 radical (unpaired) electrons. The van der Waals surface area contributed by atoms with Crippen LogP contribution in [0.3, 0.4) is 0 Å². The fraction of sp³-hybridized carbons (Fsp3) is 0.304. The first-order valence-corrected chi connectivity index (χ1v) is 10.7. The molecule has 158 valence electrons. The third-order valence-electron chi connectivity index (χ3n) is 5.65. The average Bonchev–Trinajstić information content (AvgIpc) is 3.25. The molecule has 0 N–H and O–H groups in total. The van der Waals surface area contributed by atoms with Crippen molar-refractivity contribution in [3.63, 3.8) is 0 Å². The Kier molecular flexibility index (Phi) is 5.29. The van der Waals surface area contributed by atoms with E-state index in [9.17, 15) is 4.79 Å². The van der Waals surface area contributed by atoms with Crippen LogP contribution in [0.25, 0.3) is 17.0 Å². The average molecular weight is 436 g/mol. The lowest BCUT2D eigenvalue weighted by molar-refractivity contribution is 0.178. The van der Waals surface area contributed by atoms with E-state index in [1.165, 1.54) is 0 Å². The maximum absolute atomic E-state index is 12.5. The van der Waals surface area contributed by atoms with Gasteiger partial charge in [-0.2, -0.15) is 4.98 Å². The fourth-order valence-corrected chi connectivity index (χ4v) is 4.21. The lowest BCUT2D eigenvalue weighted by Crippen LogP contribution is -2.34. The third kappa shape index (κ3) is 4.24. The molecule has 1 aliphatic rings. The van der Waals surface area contributed by atoms with E-state index in [1.807, 2.05) is 49.5 Å². The zero-order valence-corrected chi connectivity index (χ0v) is 17.9. The van der Waals surface area contributed by atoms with E-state index in [-0.39, 0.29) is 11.5 Å². The minimum absolute atomic E-state index is 0.0539. The molecule has 1 saturated heterocycles. The van der Waals surface area contributed by atoms with Gasteiger partial charge in [0.15, 0.2) is 0 Å². The van der Waals surface area contributed by atoms with Gasteiger partial charge in [-0.3, -0.25) is 14.1 Å². The predicted octanol–water partition coefficient (Wildman–Crippen LogP) is 4.09. The van der Waals surface area contributed by atoms with Gasteiger partial charge in [0, 0.05) is 35.9 Å². The molecule has 4 heterocycles. The van der Waals surface area contributed by atoms with Crippen LogP contribution in [0.4, 0.5) is 0 Å². The molecule has 0 spiro atoms. The monoisotopic (exact) mass is 435 g/mol. The summed E-state index contributed by atoms with van der Waals surface area (Å²) in [6, 6.07) is 12.9. The van der Waals surface area contributed by atoms with Gasteiger partial charge in [-0.15, -0.1) is 0 Å². The second kappa shape index (κ2) is 8.24. The van der Waals surface area contributed by atoms with Crippen molar-refractivity contribution in [3.8, 4) is 11.4 Å². The van der Waals surface area contributed by atoms with Gasteiger partial charge in [0.05, 0.1) is 11.6 Å². The zero-order chi connectivity index (χ0) is 21.4. The maximum atomic E-state index is 12.5. The molecule has 4 aromatic rings. The number of nitrogens with zero attached hydrogens (tertiary/aromatic N) is 5. The van der Waals surface area contributed by atoms with Gasteiger partial charge in [-0.1, -0.05) is 22.8 Å². The summed E-state index contributed by atoms with van der Waals surface area (Å²) in [6.45, 7) is 4.32. The molecule has 0 saturated carbocycles. The van der Waals surface area contributed by atoms with Crippen molar-refractivity contribution in [1.29, 1.82) is 0 Å². The molecular formula is C23H22ClN5O2. The molecule has 1 atom stereocenters. The zero-order valence-electron chi connectivity index (χ0n) is 17.2.